The molecular weight excluding hydrogens is 314 g/mol. The average Bonchev–Trinajstić information content (AvgIpc) is 2.60. The molecule has 0 aliphatic rings. The summed E-state index contributed by atoms with van der Waals surface area (Å²) in [6.45, 7) is 8.05. The van der Waals surface area contributed by atoms with E-state index in [-0.39, 0.29) is 11.3 Å². The Kier molecular flexibility index (Phi) is 6.59. The fourth-order valence-corrected chi connectivity index (χ4v) is 2.34. The molecule has 134 valence electrons. The maximum Gasteiger partial charge on any atom is 0.251 e. The maximum atomic E-state index is 11.9. The number of nitrogens with one attached hydrogen (secondary N) is 1. The summed E-state index contributed by atoms with van der Waals surface area (Å²) in [6.07, 6.45) is 0. The molecule has 2 rings (SSSR count). The Morgan fingerprint density at radius 3 is 2.20 bits per heavy atom. The van der Waals surface area contributed by atoms with Gasteiger partial charge in [-0.15, -0.1) is 0 Å². The molecule has 0 heterocycles. The van der Waals surface area contributed by atoms with Gasteiger partial charge in [0.1, 0.15) is 12.4 Å². The third-order valence-electron chi connectivity index (χ3n) is 3.93. The summed E-state index contributed by atoms with van der Waals surface area (Å²) >= 11 is 0. The number of amides is 1. The van der Waals surface area contributed by atoms with Crippen molar-refractivity contribution in [1.29, 1.82) is 0 Å². The van der Waals surface area contributed by atoms with Gasteiger partial charge in [0.15, 0.2) is 0 Å². The van der Waals surface area contributed by atoms with Crippen LogP contribution < -0.4 is 10.1 Å². The van der Waals surface area contributed by atoms with Crippen LogP contribution >= 0.6 is 0 Å². The molecule has 0 spiro atoms. The highest BCUT2D eigenvalue weighted by molar-refractivity contribution is 5.94. The maximum absolute atomic E-state index is 11.9. The van der Waals surface area contributed by atoms with Gasteiger partial charge in [0.05, 0.1) is 6.61 Å². The van der Waals surface area contributed by atoms with E-state index in [0.717, 1.165) is 11.3 Å². The monoisotopic (exact) mass is 341 g/mol. The molecule has 0 aliphatic heterocycles. The zero-order valence-corrected chi connectivity index (χ0v) is 15.5. The van der Waals surface area contributed by atoms with Crippen molar-refractivity contribution in [1.82, 2.24) is 5.32 Å². The van der Waals surface area contributed by atoms with Crippen molar-refractivity contribution in [2.45, 2.75) is 32.8 Å². The van der Waals surface area contributed by atoms with E-state index in [2.05, 4.69) is 38.2 Å². The van der Waals surface area contributed by atoms with Crippen molar-refractivity contribution < 1.29 is 14.3 Å². The summed E-state index contributed by atoms with van der Waals surface area (Å²) in [5, 5.41) is 2.80. The van der Waals surface area contributed by atoms with Crippen LogP contribution in [0, 0.1) is 0 Å². The van der Waals surface area contributed by atoms with E-state index in [1.54, 1.807) is 7.11 Å². The van der Waals surface area contributed by atoms with Crippen molar-refractivity contribution >= 4 is 5.91 Å². The molecule has 0 bridgehead atoms. The quantitative estimate of drug-likeness (QED) is 0.776. The summed E-state index contributed by atoms with van der Waals surface area (Å²) < 4.78 is 10.7. The first-order chi connectivity index (χ1) is 11.9. The molecule has 0 atom stereocenters. The van der Waals surface area contributed by atoms with Crippen LogP contribution in [0.15, 0.2) is 48.5 Å². The molecule has 0 saturated heterocycles. The third-order valence-corrected chi connectivity index (χ3v) is 3.93. The second-order valence-electron chi connectivity index (χ2n) is 7.01. The highest BCUT2D eigenvalue weighted by atomic mass is 16.5. The fourth-order valence-electron chi connectivity index (χ4n) is 2.34. The lowest BCUT2D eigenvalue weighted by atomic mass is 9.87. The topological polar surface area (TPSA) is 47.6 Å². The largest absolute Gasteiger partial charge is 0.489 e. The van der Waals surface area contributed by atoms with E-state index in [9.17, 15) is 4.79 Å². The van der Waals surface area contributed by atoms with Crippen molar-refractivity contribution in [3.05, 3.63) is 65.2 Å². The van der Waals surface area contributed by atoms with Crippen molar-refractivity contribution in [3.63, 3.8) is 0 Å². The van der Waals surface area contributed by atoms with Crippen LogP contribution in [0.25, 0.3) is 0 Å². The molecule has 4 heteroatoms. The number of rotatable bonds is 7. The molecule has 4 nitrogen and oxygen atoms in total. The third kappa shape index (κ3) is 5.91. The lowest BCUT2D eigenvalue weighted by Crippen LogP contribution is -2.26. The van der Waals surface area contributed by atoms with E-state index in [4.69, 9.17) is 9.47 Å². The molecule has 0 fully saturated rings. The van der Waals surface area contributed by atoms with Crippen molar-refractivity contribution in [3.8, 4) is 5.75 Å². The molecule has 1 N–H and O–H groups in total. The SMILES string of the molecule is COCCNC(=O)c1ccc(COc2ccc(C(C)(C)C)cc2)cc1. The molecule has 2 aromatic carbocycles. The van der Waals surface area contributed by atoms with E-state index in [1.807, 2.05) is 36.4 Å². The first-order valence-corrected chi connectivity index (χ1v) is 8.49. The van der Waals surface area contributed by atoms with Gasteiger partial charge in [-0.25, -0.2) is 0 Å². The predicted octanol–water partition coefficient (Wildman–Crippen LogP) is 3.94. The molecule has 25 heavy (non-hydrogen) atoms. The summed E-state index contributed by atoms with van der Waals surface area (Å²) in [5.74, 6) is 0.747. The number of carbonyl (C=O) groups is 1. The molecule has 0 radical (unpaired) electrons. The van der Waals surface area contributed by atoms with Gasteiger partial charge in [0.2, 0.25) is 0 Å². The first kappa shape index (κ1) is 19.0. The Morgan fingerprint density at radius 2 is 1.64 bits per heavy atom. The van der Waals surface area contributed by atoms with Crippen LogP contribution in [0.1, 0.15) is 42.3 Å². The second-order valence-corrected chi connectivity index (χ2v) is 7.01. The second kappa shape index (κ2) is 8.67. The highest BCUT2D eigenvalue weighted by Gasteiger charge is 2.13. The number of ether oxygens (including phenoxy) is 2. The van der Waals surface area contributed by atoms with Crippen LogP contribution in [0.3, 0.4) is 0 Å². The van der Waals surface area contributed by atoms with E-state index in [1.165, 1.54) is 5.56 Å². The van der Waals surface area contributed by atoms with Gasteiger partial charge in [-0.3, -0.25) is 4.79 Å². The molecule has 0 unspecified atom stereocenters. The van der Waals surface area contributed by atoms with Gasteiger partial charge in [-0.1, -0.05) is 45.0 Å². The van der Waals surface area contributed by atoms with Gasteiger partial charge < -0.3 is 14.8 Å². The zero-order valence-electron chi connectivity index (χ0n) is 15.5. The summed E-state index contributed by atoms with van der Waals surface area (Å²) in [5.41, 5.74) is 3.07. The van der Waals surface area contributed by atoms with Crippen LogP contribution in [0.2, 0.25) is 0 Å². The zero-order chi connectivity index (χ0) is 18.3. The summed E-state index contributed by atoms with van der Waals surface area (Å²) in [4.78, 5) is 11.9. The average molecular weight is 341 g/mol. The minimum atomic E-state index is -0.0951. The van der Waals surface area contributed by atoms with Crippen LogP contribution in [0.4, 0.5) is 0 Å². The smallest absolute Gasteiger partial charge is 0.251 e. The van der Waals surface area contributed by atoms with Crippen molar-refractivity contribution in [2.75, 3.05) is 20.3 Å². The standard InChI is InChI=1S/C21H27NO3/c1-21(2,3)18-9-11-19(12-10-18)25-15-16-5-7-17(8-6-16)20(23)22-13-14-24-4/h5-12H,13-15H2,1-4H3,(H,22,23). The Hall–Kier alpha value is -2.33. The normalized spacial score (nSPS) is 11.2. The van der Waals surface area contributed by atoms with E-state index in [0.29, 0.717) is 25.3 Å². The van der Waals surface area contributed by atoms with Gasteiger partial charge in [0.25, 0.3) is 5.91 Å². The molecular formula is C21H27NO3. The van der Waals surface area contributed by atoms with E-state index >= 15 is 0 Å². The molecule has 0 aliphatic carbocycles. The number of methoxy groups -OCH3 is 1. The molecule has 1 amide bonds. The number of hydrogen-bond donors (Lipinski definition) is 1. The van der Waals surface area contributed by atoms with Gasteiger partial charge in [-0.2, -0.15) is 0 Å². The van der Waals surface area contributed by atoms with Gasteiger partial charge in [-0.05, 0) is 40.8 Å². The summed E-state index contributed by atoms with van der Waals surface area (Å²) in [6, 6.07) is 15.6. The Balaban J connectivity index is 1.88. The predicted molar refractivity (Wildman–Crippen MR) is 100 cm³/mol. The van der Waals surface area contributed by atoms with Gasteiger partial charge >= 0.3 is 0 Å². The fraction of sp³-hybridized carbons (Fsp3) is 0.381. The minimum absolute atomic E-state index is 0.0951. The lowest BCUT2D eigenvalue weighted by Gasteiger charge is -2.19. The minimum Gasteiger partial charge on any atom is -0.489 e. The number of hydrogen-bond acceptors (Lipinski definition) is 3. The van der Waals surface area contributed by atoms with Crippen LogP contribution in [-0.4, -0.2) is 26.2 Å². The Labute approximate surface area is 150 Å². The Bertz CT molecular complexity index is 670. The van der Waals surface area contributed by atoms with Crippen LogP contribution in [-0.2, 0) is 16.8 Å². The van der Waals surface area contributed by atoms with E-state index < -0.39 is 0 Å². The summed E-state index contributed by atoms with van der Waals surface area (Å²) in [7, 11) is 1.61. The molecule has 0 saturated carbocycles. The Morgan fingerprint density at radius 1 is 1.00 bits per heavy atom. The number of benzene rings is 2. The highest BCUT2D eigenvalue weighted by Crippen LogP contribution is 2.24. The lowest BCUT2D eigenvalue weighted by molar-refractivity contribution is 0.0937. The number of carbonyl (C=O) groups excluding carboxylic acids is 1. The van der Waals surface area contributed by atoms with Crippen molar-refractivity contribution in [2.24, 2.45) is 0 Å². The first-order valence-electron chi connectivity index (χ1n) is 8.49. The van der Waals surface area contributed by atoms with Gasteiger partial charge in [0, 0.05) is 19.2 Å². The molecule has 2 aromatic rings. The molecule has 0 aromatic heterocycles. The van der Waals surface area contributed by atoms with Crippen LogP contribution in [0.5, 0.6) is 5.75 Å².